The van der Waals surface area contributed by atoms with Crippen molar-refractivity contribution in [3.63, 3.8) is 0 Å². The number of nitrogens with zero attached hydrogens (tertiary/aromatic N) is 2. The van der Waals surface area contributed by atoms with E-state index in [9.17, 15) is 9.18 Å². The second-order valence-electron chi connectivity index (χ2n) is 5.54. The van der Waals surface area contributed by atoms with E-state index < -0.39 is 5.82 Å². The highest BCUT2D eigenvalue weighted by Crippen LogP contribution is 2.25. The Balaban J connectivity index is 2.32. The molecular weight excluding hydrogens is 305 g/mol. The number of aryl methyl sites for hydroxylation is 1. The third kappa shape index (κ3) is 2.22. The lowest BCUT2D eigenvalue weighted by molar-refractivity contribution is 0.637. The van der Waals surface area contributed by atoms with Gasteiger partial charge in [-0.25, -0.2) is 9.37 Å². The summed E-state index contributed by atoms with van der Waals surface area (Å²) in [5.74, 6) is -0.528. The summed E-state index contributed by atoms with van der Waals surface area (Å²) in [5.41, 5.74) is 1.72. The zero-order valence-corrected chi connectivity index (χ0v) is 13.2. The lowest BCUT2D eigenvalue weighted by atomic mass is 10.0. The van der Waals surface area contributed by atoms with Crippen molar-refractivity contribution in [3.8, 4) is 11.3 Å². The molecule has 0 saturated carbocycles. The molecule has 6 heteroatoms. The van der Waals surface area contributed by atoms with Crippen molar-refractivity contribution in [2.75, 3.05) is 0 Å². The molecule has 0 unspecified atom stereocenters. The summed E-state index contributed by atoms with van der Waals surface area (Å²) >= 11 is 5.85. The van der Waals surface area contributed by atoms with Crippen molar-refractivity contribution in [1.82, 2.24) is 14.6 Å². The summed E-state index contributed by atoms with van der Waals surface area (Å²) in [5, 5.41) is 3.38. The van der Waals surface area contributed by atoms with Crippen LogP contribution in [-0.4, -0.2) is 14.6 Å². The molecule has 1 aromatic carbocycles. The molecule has 0 aliphatic heterocycles. The summed E-state index contributed by atoms with van der Waals surface area (Å²) in [4.78, 5) is 16.8. The number of H-pyrrole nitrogens is 1. The van der Waals surface area contributed by atoms with E-state index in [0.717, 1.165) is 0 Å². The van der Waals surface area contributed by atoms with Gasteiger partial charge in [-0.2, -0.15) is 4.52 Å². The van der Waals surface area contributed by atoms with Gasteiger partial charge in [-0.15, -0.1) is 0 Å². The molecule has 0 radical (unpaired) electrons. The average Bonchev–Trinajstić information content (AvgIpc) is 2.77. The Labute approximate surface area is 131 Å². The fourth-order valence-corrected chi connectivity index (χ4v) is 2.76. The molecule has 2 aromatic heterocycles. The van der Waals surface area contributed by atoms with Gasteiger partial charge in [-0.3, -0.25) is 9.89 Å². The molecule has 1 N–H and O–H groups in total. The van der Waals surface area contributed by atoms with Gasteiger partial charge in [0, 0.05) is 21.8 Å². The molecule has 0 spiro atoms. The number of hydrogen-bond donors (Lipinski definition) is 1. The second kappa shape index (κ2) is 5.25. The fraction of sp³-hybridized carbons (Fsp3) is 0.250. The fourth-order valence-electron chi connectivity index (χ4n) is 2.64. The van der Waals surface area contributed by atoms with E-state index in [0.29, 0.717) is 21.8 Å². The average molecular weight is 320 g/mol. The minimum absolute atomic E-state index is 0.0110. The highest BCUT2D eigenvalue weighted by atomic mass is 35.5. The molecule has 0 aliphatic rings. The Morgan fingerprint density at radius 3 is 2.50 bits per heavy atom. The smallest absolute Gasteiger partial charge is 0.276 e. The largest absolute Gasteiger partial charge is 0.286 e. The Kier molecular flexibility index (Phi) is 3.53. The molecule has 0 fully saturated rings. The van der Waals surface area contributed by atoms with Crippen molar-refractivity contribution < 1.29 is 4.39 Å². The number of fused-ring (bicyclic) bond motifs is 1. The maximum atomic E-state index is 14.6. The van der Waals surface area contributed by atoms with E-state index in [2.05, 4.69) is 10.1 Å². The van der Waals surface area contributed by atoms with Crippen molar-refractivity contribution >= 4 is 17.2 Å². The van der Waals surface area contributed by atoms with Crippen molar-refractivity contribution in [3.05, 3.63) is 56.7 Å². The summed E-state index contributed by atoms with van der Waals surface area (Å²) in [6.07, 6.45) is 0. The van der Waals surface area contributed by atoms with E-state index in [1.807, 2.05) is 13.8 Å². The van der Waals surface area contributed by atoms with Crippen LogP contribution in [0.4, 0.5) is 4.39 Å². The number of aromatic amines is 1. The maximum absolute atomic E-state index is 14.6. The lowest BCUT2D eigenvalue weighted by Gasteiger charge is -2.07. The van der Waals surface area contributed by atoms with Gasteiger partial charge >= 0.3 is 0 Å². The van der Waals surface area contributed by atoms with Crippen LogP contribution in [0.5, 0.6) is 0 Å². The number of nitrogens with one attached hydrogen (secondary N) is 1. The lowest BCUT2D eigenvalue weighted by Crippen LogP contribution is -2.22. The van der Waals surface area contributed by atoms with Crippen LogP contribution < -0.4 is 5.56 Å². The molecule has 0 amide bonds. The first-order valence-corrected chi connectivity index (χ1v) is 7.34. The molecule has 0 saturated heterocycles. The highest BCUT2D eigenvalue weighted by Gasteiger charge is 2.20. The molecule has 22 heavy (non-hydrogen) atoms. The van der Waals surface area contributed by atoms with Gasteiger partial charge in [0.1, 0.15) is 5.69 Å². The van der Waals surface area contributed by atoms with Crippen LogP contribution in [0, 0.1) is 12.7 Å². The topological polar surface area (TPSA) is 50.2 Å². The Morgan fingerprint density at radius 1 is 1.27 bits per heavy atom. The number of aromatic nitrogens is 3. The van der Waals surface area contributed by atoms with E-state index >= 15 is 0 Å². The van der Waals surface area contributed by atoms with Crippen molar-refractivity contribution in [1.29, 1.82) is 0 Å². The predicted octanol–water partition coefficient (Wildman–Crippen LogP) is 3.91. The first kappa shape index (κ1) is 14.8. The van der Waals surface area contributed by atoms with E-state index in [-0.39, 0.29) is 22.8 Å². The van der Waals surface area contributed by atoms with Gasteiger partial charge in [0.2, 0.25) is 0 Å². The number of hydrogen-bond acceptors (Lipinski definition) is 2. The molecule has 0 atom stereocenters. The Morgan fingerprint density at radius 2 is 1.91 bits per heavy atom. The third-order valence-corrected chi connectivity index (χ3v) is 3.91. The third-order valence-electron chi connectivity index (χ3n) is 3.66. The first-order valence-electron chi connectivity index (χ1n) is 6.96. The van der Waals surface area contributed by atoms with Crippen LogP contribution in [0.1, 0.15) is 31.0 Å². The second-order valence-corrected chi connectivity index (χ2v) is 5.97. The Bertz CT molecular complexity index is 910. The van der Waals surface area contributed by atoms with Crippen LogP contribution in [0.15, 0.2) is 29.1 Å². The monoisotopic (exact) mass is 319 g/mol. The van der Waals surface area contributed by atoms with E-state index in [1.54, 1.807) is 31.2 Å². The van der Waals surface area contributed by atoms with Crippen LogP contribution in [0.3, 0.4) is 0 Å². The van der Waals surface area contributed by atoms with Gasteiger partial charge in [-0.1, -0.05) is 37.6 Å². The zero-order chi connectivity index (χ0) is 16.0. The van der Waals surface area contributed by atoms with Gasteiger partial charge in [0.05, 0.1) is 0 Å². The van der Waals surface area contributed by atoms with Gasteiger partial charge in [-0.05, 0) is 25.0 Å². The van der Waals surface area contributed by atoms with Gasteiger partial charge in [0.25, 0.3) is 5.56 Å². The zero-order valence-electron chi connectivity index (χ0n) is 12.4. The quantitative estimate of drug-likeness (QED) is 0.778. The van der Waals surface area contributed by atoms with Crippen molar-refractivity contribution in [2.24, 2.45) is 0 Å². The van der Waals surface area contributed by atoms with Crippen molar-refractivity contribution in [2.45, 2.75) is 26.7 Å². The molecule has 114 valence electrons. The number of benzene rings is 1. The first-order chi connectivity index (χ1) is 10.4. The van der Waals surface area contributed by atoms with Crippen LogP contribution in [0.25, 0.3) is 16.9 Å². The van der Waals surface area contributed by atoms with Crippen LogP contribution >= 0.6 is 11.6 Å². The standard InChI is InChI=1S/C16H15ClFN3O/c1-8(2)12-9(3)19-15-13(18)14(20-21(15)16(12)22)10-4-6-11(17)7-5-10/h4-8,20H,1-3H3. The van der Waals surface area contributed by atoms with Crippen LogP contribution in [-0.2, 0) is 0 Å². The van der Waals surface area contributed by atoms with Gasteiger partial charge < -0.3 is 0 Å². The predicted molar refractivity (Wildman–Crippen MR) is 85.0 cm³/mol. The molecular formula is C16H15ClFN3O. The summed E-state index contributed by atoms with van der Waals surface area (Å²) in [7, 11) is 0. The SMILES string of the molecule is Cc1nc2c(F)c(-c3ccc(Cl)cc3)[nH]n2c(=O)c1C(C)C. The minimum atomic E-state index is -0.544. The minimum Gasteiger partial charge on any atom is -0.286 e. The summed E-state index contributed by atoms with van der Waals surface area (Å²) in [6.45, 7) is 5.56. The molecule has 4 nitrogen and oxygen atoms in total. The molecule has 3 aromatic rings. The number of rotatable bonds is 2. The van der Waals surface area contributed by atoms with Crippen LogP contribution in [0.2, 0.25) is 5.02 Å². The van der Waals surface area contributed by atoms with Gasteiger partial charge in [0.15, 0.2) is 11.5 Å². The summed E-state index contributed by atoms with van der Waals surface area (Å²) in [6, 6.07) is 6.72. The maximum Gasteiger partial charge on any atom is 0.276 e. The van der Waals surface area contributed by atoms with E-state index in [1.165, 1.54) is 4.52 Å². The summed E-state index contributed by atoms with van der Waals surface area (Å²) < 4.78 is 15.8. The normalized spacial score (nSPS) is 11.5. The molecule has 0 aliphatic carbocycles. The molecule has 3 rings (SSSR count). The highest BCUT2D eigenvalue weighted by molar-refractivity contribution is 6.30. The number of halogens is 2. The molecule has 0 bridgehead atoms. The Hall–Kier alpha value is -2.14. The van der Waals surface area contributed by atoms with E-state index in [4.69, 9.17) is 11.6 Å². The molecule has 2 heterocycles.